The van der Waals surface area contributed by atoms with Gasteiger partial charge in [-0.05, 0) is 25.0 Å². The molecule has 0 atom stereocenters. The van der Waals surface area contributed by atoms with E-state index in [0.29, 0.717) is 10.8 Å². The summed E-state index contributed by atoms with van der Waals surface area (Å²) in [5.41, 5.74) is 1.37. The van der Waals surface area contributed by atoms with E-state index in [0.717, 1.165) is 30.0 Å². The van der Waals surface area contributed by atoms with Crippen LogP contribution in [0.5, 0.6) is 0 Å². The summed E-state index contributed by atoms with van der Waals surface area (Å²) in [5, 5.41) is 8.78. The highest BCUT2D eigenvalue weighted by molar-refractivity contribution is 7.18. The number of halogens is 1. The van der Waals surface area contributed by atoms with Crippen molar-refractivity contribution in [1.82, 2.24) is 19.7 Å². The molecular formula is C15H16FN5S. The minimum Gasteiger partial charge on any atom is -0.329 e. The number of hydrogen-bond donors (Lipinski definition) is 1. The fraction of sp³-hybridized carbons (Fsp3) is 0.267. The van der Waals surface area contributed by atoms with Crippen molar-refractivity contribution >= 4 is 22.2 Å². The molecule has 0 aliphatic heterocycles. The quantitative estimate of drug-likeness (QED) is 0.748. The lowest BCUT2D eigenvalue weighted by Gasteiger charge is -2.02. The Morgan fingerprint density at radius 1 is 1.32 bits per heavy atom. The van der Waals surface area contributed by atoms with Crippen molar-refractivity contribution in [2.75, 3.05) is 5.32 Å². The van der Waals surface area contributed by atoms with E-state index in [1.54, 1.807) is 29.2 Å². The molecule has 22 heavy (non-hydrogen) atoms. The molecule has 0 unspecified atom stereocenters. The summed E-state index contributed by atoms with van der Waals surface area (Å²) in [5.74, 6) is -0.296. The molecule has 3 aromatic rings. The molecule has 1 N–H and O–H groups in total. The van der Waals surface area contributed by atoms with Gasteiger partial charge in [-0.25, -0.2) is 19.0 Å². The number of thiazole rings is 1. The smallest absolute Gasteiger partial charge is 0.189 e. The van der Waals surface area contributed by atoms with Gasteiger partial charge in [0, 0.05) is 0 Å². The molecular weight excluding hydrogens is 301 g/mol. The van der Waals surface area contributed by atoms with Crippen LogP contribution in [0.3, 0.4) is 0 Å². The Balaban J connectivity index is 1.91. The Morgan fingerprint density at radius 3 is 2.91 bits per heavy atom. The van der Waals surface area contributed by atoms with E-state index < -0.39 is 0 Å². The Kier molecular flexibility index (Phi) is 4.43. The number of nitrogens with one attached hydrogen (secondary N) is 1. The molecule has 0 fully saturated rings. The lowest BCUT2D eigenvalue weighted by atomic mass is 10.2. The average Bonchev–Trinajstić information content (AvgIpc) is 3.16. The van der Waals surface area contributed by atoms with Gasteiger partial charge in [-0.2, -0.15) is 5.10 Å². The van der Waals surface area contributed by atoms with Crippen LogP contribution in [0.15, 0.2) is 36.9 Å². The van der Waals surface area contributed by atoms with E-state index in [4.69, 9.17) is 0 Å². The van der Waals surface area contributed by atoms with E-state index in [-0.39, 0.29) is 5.82 Å². The summed E-state index contributed by atoms with van der Waals surface area (Å²) in [6.07, 6.45) is 6.14. The predicted octanol–water partition coefficient (Wildman–Crippen LogP) is 3.95. The van der Waals surface area contributed by atoms with Gasteiger partial charge in [0.25, 0.3) is 0 Å². The van der Waals surface area contributed by atoms with E-state index in [2.05, 4.69) is 27.3 Å². The number of para-hydroxylation sites is 1. The highest BCUT2D eigenvalue weighted by atomic mass is 32.1. The van der Waals surface area contributed by atoms with Crippen molar-refractivity contribution in [3.63, 3.8) is 0 Å². The van der Waals surface area contributed by atoms with Crippen molar-refractivity contribution in [1.29, 1.82) is 0 Å². The van der Waals surface area contributed by atoms with Crippen molar-refractivity contribution in [3.8, 4) is 5.00 Å². The van der Waals surface area contributed by atoms with Crippen LogP contribution < -0.4 is 5.32 Å². The molecule has 3 rings (SSSR count). The topological polar surface area (TPSA) is 55.6 Å². The highest BCUT2D eigenvalue weighted by Crippen LogP contribution is 2.30. The number of unbranched alkanes of at least 4 members (excludes halogenated alkanes) is 1. The van der Waals surface area contributed by atoms with Crippen LogP contribution in [-0.4, -0.2) is 19.7 Å². The van der Waals surface area contributed by atoms with Crippen molar-refractivity contribution in [2.45, 2.75) is 26.2 Å². The van der Waals surface area contributed by atoms with Crippen LogP contribution in [-0.2, 0) is 6.42 Å². The van der Waals surface area contributed by atoms with E-state index in [1.165, 1.54) is 23.7 Å². The number of benzene rings is 1. The van der Waals surface area contributed by atoms with Gasteiger partial charge in [-0.1, -0.05) is 36.8 Å². The molecule has 7 heteroatoms. The van der Waals surface area contributed by atoms with Crippen molar-refractivity contribution in [2.24, 2.45) is 0 Å². The first-order chi connectivity index (χ1) is 10.8. The van der Waals surface area contributed by atoms with Crippen LogP contribution in [0.1, 0.15) is 25.5 Å². The van der Waals surface area contributed by atoms with Gasteiger partial charge in [0.1, 0.15) is 23.5 Å². The Morgan fingerprint density at radius 2 is 2.18 bits per heavy atom. The fourth-order valence-corrected chi connectivity index (χ4v) is 3.03. The third kappa shape index (κ3) is 3.14. The maximum atomic E-state index is 13.7. The third-order valence-corrected chi connectivity index (χ3v) is 4.19. The van der Waals surface area contributed by atoms with Gasteiger partial charge >= 0.3 is 0 Å². The molecule has 0 aliphatic carbocycles. The first-order valence-corrected chi connectivity index (χ1v) is 7.96. The summed E-state index contributed by atoms with van der Waals surface area (Å²) in [4.78, 5) is 8.57. The molecule has 0 aliphatic rings. The molecule has 2 aromatic heterocycles. The summed E-state index contributed by atoms with van der Waals surface area (Å²) < 4.78 is 15.4. The number of aryl methyl sites for hydroxylation is 1. The number of hydrogen-bond acceptors (Lipinski definition) is 5. The SMILES string of the molecule is CCCCc1nc(Nc2ccccc2F)sc1-n1cncn1. The van der Waals surface area contributed by atoms with Crippen LogP contribution in [0.25, 0.3) is 5.00 Å². The van der Waals surface area contributed by atoms with Gasteiger partial charge in [-0.15, -0.1) is 0 Å². The fourth-order valence-electron chi connectivity index (χ4n) is 2.07. The van der Waals surface area contributed by atoms with Crippen LogP contribution >= 0.6 is 11.3 Å². The molecule has 0 radical (unpaired) electrons. The molecule has 0 saturated carbocycles. The zero-order valence-corrected chi connectivity index (χ0v) is 13.0. The second-order valence-electron chi connectivity index (χ2n) is 4.82. The molecule has 114 valence electrons. The van der Waals surface area contributed by atoms with Gasteiger partial charge in [0.15, 0.2) is 5.13 Å². The second kappa shape index (κ2) is 6.65. The minimum atomic E-state index is -0.296. The summed E-state index contributed by atoms with van der Waals surface area (Å²) in [6, 6.07) is 6.56. The predicted molar refractivity (Wildman–Crippen MR) is 85.3 cm³/mol. The van der Waals surface area contributed by atoms with Crippen LogP contribution in [0.2, 0.25) is 0 Å². The lowest BCUT2D eigenvalue weighted by Crippen LogP contribution is -1.97. The lowest BCUT2D eigenvalue weighted by molar-refractivity contribution is 0.632. The van der Waals surface area contributed by atoms with Crippen LogP contribution in [0, 0.1) is 5.82 Å². The molecule has 1 aromatic carbocycles. The maximum Gasteiger partial charge on any atom is 0.189 e. The van der Waals surface area contributed by atoms with Gasteiger partial charge < -0.3 is 5.32 Å². The van der Waals surface area contributed by atoms with E-state index in [1.807, 2.05) is 0 Å². The summed E-state index contributed by atoms with van der Waals surface area (Å²) in [7, 11) is 0. The number of rotatable bonds is 6. The molecule has 0 bridgehead atoms. The molecule has 0 spiro atoms. The van der Waals surface area contributed by atoms with Crippen LogP contribution in [0.4, 0.5) is 15.2 Å². The minimum absolute atomic E-state index is 0.296. The Hall–Kier alpha value is -2.28. The second-order valence-corrected chi connectivity index (χ2v) is 5.80. The molecule has 0 saturated heterocycles. The number of aromatic nitrogens is 4. The molecule has 5 nitrogen and oxygen atoms in total. The zero-order valence-electron chi connectivity index (χ0n) is 12.2. The van der Waals surface area contributed by atoms with Crippen molar-refractivity contribution in [3.05, 3.63) is 48.4 Å². The number of anilines is 2. The van der Waals surface area contributed by atoms with Gasteiger partial charge in [0.2, 0.25) is 0 Å². The van der Waals surface area contributed by atoms with E-state index in [9.17, 15) is 4.39 Å². The van der Waals surface area contributed by atoms with Gasteiger partial charge in [-0.3, -0.25) is 0 Å². The number of nitrogens with zero attached hydrogens (tertiary/aromatic N) is 4. The first-order valence-electron chi connectivity index (χ1n) is 7.14. The molecule has 2 heterocycles. The standard InChI is InChI=1S/C15H16FN5S/c1-2-3-7-13-14(21-10-17-9-18-21)22-15(20-13)19-12-8-5-4-6-11(12)16/h4-6,8-10H,2-3,7H2,1H3,(H,19,20). The average molecular weight is 317 g/mol. The van der Waals surface area contributed by atoms with Gasteiger partial charge in [0.05, 0.1) is 11.4 Å². The Bertz CT molecular complexity index is 738. The summed E-state index contributed by atoms with van der Waals surface area (Å²) >= 11 is 1.44. The normalized spacial score (nSPS) is 10.8. The first kappa shape index (κ1) is 14.6. The highest BCUT2D eigenvalue weighted by Gasteiger charge is 2.14. The van der Waals surface area contributed by atoms with E-state index >= 15 is 0 Å². The maximum absolute atomic E-state index is 13.7. The zero-order chi connectivity index (χ0) is 15.4. The third-order valence-electron chi connectivity index (χ3n) is 3.19. The Labute approximate surface area is 131 Å². The van der Waals surface area contributed by atoms with Crippen molar-refractivity contribution < 1.29 is 4.39 Å². The largest absolute Gasteiger partial charge is 0.329 e. The monoisotopic (exact) mass is 317 g/mol. The molecule has 0 amide bonds. The summed E-state index contributed by atoms with van der Waals surface area (Å²) in [6.45, 7) is 2.14.